The van der Waals surface area contributed by atoms with Crippen molar-refractivity contribution in [2.24, 2.45) is 0 Å². The molecule has 0 spiro atoms. The van der Waals surface area contributed by atoms with Crippen LogP contribution in [0.2, 0.25) is 0 Å². The van der Waals surface area contributed by atoms with E-state index >= 15 is 0 Å². The molecule has 0 bridgehead atoms. The number of aromatic nitrogens is 4. The number of hydrogen-bond acceptors (Lipinski definition) is 2. The summed E-state index contributed by atoms with van der Waals surface area (Å²) in [7, 11) is 0. The fourth-order valence-corrected chi connectivity index (χ4v) is 3.65. The molecular formula is C21H28N4. The van der Waals surface area contributed by atoms with Gasteiger partial charge in [0, 0.05) is 36.1 Å². The van der Waals surface area contributed by atoms with Crippen molar-refractivity contribution >= 4 is 0 Å². The summed E-state index contributed by atoms with van der Waals surface area (Å²) >= 11 is 0. The number of nitrogens with one attached hydrogen (secondary N) is 1. The van der Waals surface area contributed by atoms with E-state index in [1.54, 1.807) is 0 Å². The zero-order valence-electron chi connectivity index (χ0n) is 15.5. The molecule has 3 aromatic rings. The van der Waals surface area contributed by atoms with Crippen molar-refractivity contribution in [1.82, 2.24) is 19.7 Å². The molecule has 2 heterocycles. The zero-order chi connectivity index (χ0) is 17.6. The molecule has 3 rings (SSSR count). The van der Waals surface area contributed by atoms with Gasteiger partial charge in [-0.2, -0.15) is 5.10 Å². The Morgan fingerprint density at radius 3 is 2.48 bits per heavy atom. The number of rotatable bonds is 8. The number of imidazole rings is 1. The first-order chi connectivity index (χ1) is 12.3. The first-order valence-corrected chi connectivity index (χ1v) is 9.40. The van der Waals surface area contributed by atoms with Crippen LogP contribution in [0, 0.1) is 0 Å². The Morgan fingerprint density at radius 1 is 1.08 bits per heavy atom. The molecule has 4 heteroatoms. The van der Waals surface area contributed by atoms with Gasteiger partial charge >= 0.3 is 0 Å². The Hall–Kier alpha value is -2.36. The van der Waals surface area contributed by atoms with Gasteiger partial charge in [-0.1, -0.05) is 51.1 Å². The number of aromatic amines is 1. The predicted molar refractivity (Wildman–Crippen MR) is 102 cm³/mol. The van der Waals surface area contributed by atoms with Crippen LogP contribution in [0.25, 0.3) is 0 Å². The SMILES string of the molecule is CCCn1nc(CC)c(C(Cc2ccccc2)c2ncc[nH]2)c1CC. The smallest absolute Gasteiger partial charge is 0.114 e. The molecule has 0 fully saturated rings. The largest absolute Gasteiger partial charge is 0.348 e. The van der Waals surface area contributed by atoms with Crippen molar-refractivity contribution in [2.75, 3.05) is 0 Å². The lowest BCUT2D eigenvalue weighted by molar-refractivity contribution is 0.569. The van der Waals surface area contributed by atoms with Gasteiger partial charge in [-0.25, -0.2) is 4.98 Å². The van der Waals surface area contributed by atoms with E-state index in [-0.39, 0.29) is 5.92 Å². The highest BCUT2D eigenvalue weighted by Gasteiger charge is 2.26. The molecule has 132 valence electrons. The van der Waals surface area contributed by atoms with Gasteiger partial charge in [0.15, 0.2) is 0 Å². The first kappa shape index (κ1) is 17.5. The Morgan fingerprint density at radius 2 is 1.88 bits per heavy atom. The van der Waals surface area contributed by atoms with E-state index in [2.05, 4.69) is 65.8 Å². The summed E-state index contributed by atoms with van der Waals surface area (Å²) in [5, 5.41) is 4.94. The quantitative estimate of drug-likeness (QED) is 0.657. The average molecular weight is 336 g/mol. The molecule has 0 saturated heterocycles. The maximum Gasteiger partial charge on any atom is 0.114 e. The normalized spacial score (nSPS) is 12.4. The molecule has 0 radical (unpaired) electrons. The highest BCUT2D eigenvalue weighted by molar-refractivity contribution is 5.37. The highest BCUT2D eigenvalue weighted by atomic mass is 15.3. The van der Waals surface area contributed by atoms with Crippen molar-refractivity contribution in [3.63, 3.8) is 0 Å². The summed E-state index contributed by atoms with van der Waals surface area (Å²) in [5.41, 5.74) is 5.27. The van der Waals surface area contributed by atoms with Gasteiger partial charge in [0.1, 0.15) is 5.82 Å². The third-order valence-electron chi connectivity index (χ3n) is 4.76. The molecule has 1 N–H and O–H groups in total. The highest BCUT2D eigenvalue weighted by Crippen LogP contribution is 2.32. The van der Waals surface area contributed by atoms with Crippen LogP contribution in [0.15, 0.2) is 42.7 Å². The average Bonchev–Trinajstić information content (AvgIpc) is 3.28. The van der Waals surface area contributed by atoms with E-state index in [0.717, 1.165) is 38.1 Å². The summed E-state index contributed by atoms with van der Waals surface area (Å²) in [5.74, 6) is 1.25. The fraction of sp³-hybridized carbons (Fsp3) is 0.429. The van der Waals surface area contributed by atoms with Gasteiger partial charge in [-0.15, -0.1) is 0 Å². The Labute approximate surface area is 150 Å². The monoisotopic (exact) mass is 336 g/mol. The molecule has 2 aromatic heterocycles. The maximum absolute atomic E-state index is 4.94. The molecule has 25 heavy (non-hydrogen) atoms. The Bertz CT molecular complexity index is 772. The Kier molecular flexibility index (Phi) is 5.69. The second kappa shape index (κ2) is 8.15. The summed E-state index contributed by atoms with van der Waals surface area (Å²) < 4.78 is 2.22. The summed E-state index contributed by atoms with van der Waals surface area (Å²) in [4.78, 5) is 7.95. The number of aryl methyl sites for hydroxylation is 2. The maximum atomic E-state index is 4.94. The zero-order valence-corrected chi connectivity index (χ0v) is 15.5. The van der Waals surface area contributed by atoms with Crippen LogP contribution in [-0.4, -0.2) is 19.7 Å². The second-order valence-corrected chi connectivity index (χ2v) is 6.45. The van der Waals surface area contributed by atoms with E-state index in [9.17, 15) is 0 Å². The van der Waals surface area contributed by atoms with Crippen LogP contribution >= 0.6 is 0 Å². The van der Waals surface area contributed by atoms with Crippen LogP contribution in [-0.2, 0) is 25.8 Å². The van der Waals surface area contributed by atoms with E-state index in [1.165, 1.54) is 22.5 Å². The van der Waals surface area contributed by atoms with Crippen molar-refractivity contribution in [3.8, 4) is 0 Å². The van der Waals surface area contributed by atoms with Gasteiger partial charge in [0.2, 0.25) is 0 Å². The topological polar surface area (TPSA) is 46.5 Å². The number of hydrogen-bond donors (Lipinski definition) is 1. The number of H-pyrrole nitrogens is 1. The minimum absolute atomic E-state index is 0.216. The fourth-order valence-electron chi connectivity index (χ4n) is 3.65. The summed E-state index contributed by atoms with van der Waals surface area (Å²) in [6, 6.07) is 10.7. The van der Waals surface area contributed by atoms with Crippen molar-refractivity contribution in [1.29, 1.82) is 0 Å². The third-order valence-corrected chi connectivity index (χ3v) is 4.76. The van der Waals surface area contributed by atoms with E-state index in [1.807, 2.05) is 12.4 Å². The molecule has 1 atom stereocenters. The standard InChI is InChI=1S/C21H28N4/c1-4-14-25-19(6-3)20(18(5-2)24-25)17(21-22-12-13-23-21)15-16-10-8-7-9-11-16/h7-13,17H,4-6,14-15H2,1-3H3,(H,22,23). The predicted octanol–water partition coefficient (Wildman–Crippen LogP) is 4.52. The van der Waals surface area contributed by atoms with Crippen molar-refractivity contribution in [3.05, 3.63) is 71.1 Å². The van der Waals surface area contributed by atoms with E-state index in [4.69, 9.17) is 5.10 Å². The van der Waals surface area contributed by atoms with E-state index < -0.39 is 0 Å². The molecule has 0 aliphatic heterocycles. The van der Waals surface area contributed by atoms with Crippen LogP contribution in [0.1, 0.15) is 61.4 Å². The Balaban J connectivity index is 2.09. The lowest BCUT2D eigenvalue weighted by atomic mass is 9.88. The molecule has 0 aliphatic rings. The van der Waals surface area contributed by atoms with Gasteiger partial charge in [0.25, 0.3) is 0 Å². The molecule has 0 aliphatic carbocycles. The van der Waals surface area contributed by atoms with Crippen LogP contribution in [0.5, 0.6) is 0 Å². The second-order valence-electron chi connectivity index (χ2n) is 6.45. The van der Waals surface area contributed by atoms with Gasteiger partial charge in [-0.05, 0) is 31.2 Å². The lowest BCUT2D eigenvalue weighted by Gasteiger charge is -2.18. The van der Waals surface area contributed by atoms with Crippen LogP contribution in [0.3, 0.4) is 0 Å². The molecule has 4 nitrogen and oxygen atoms in total. The molecule has 0 amide bonds. The molecule has 1 aromatic carbocycles. The third kappa shape index (κ3) is 3.68. The van der Waals surface area contributed by atoms with Gasteiger partial charge < -0.3 is 4.98 Å². The summed E-state index contributed by atoms with van der Waals surface area (Å²) in [6.45, 7) is 7.61. The van der Waals surface area contributed by atoms with Crippen LogP contribution in [0.4, 0.5) is 0 Å². The van der Waals surface area contributed by atoms with Crippen molar-refractivity contribution in [2.45, 2.75) is 58.9 Å². The van der Waals surface area contributed by atoms with Crippen LogP contribution < -0.4 is 0 Å². The number of benzene rings is 1. The molecule has 1 unspecified atom stereocenters. The van der Waals surface area contributed by atoms with Gasteiger partial charge in [-0.3, -0.25) is 4.68 Å². The van der Waals surface area contributed by atoms with Gasteiger partial charge in [0.05, 0.1) is 5.69 Å². The first-order valence-electron chi connectivity index (χ1n) is 9.40. The minimum atomic E-state index is 0.216. The van der Waals surface area contributed by atoms with E-state index in [0.29, 0.717) is 0 Å². The molecule has 0 saturated carbocycles. The lowest BCUT2D eigenvalue weighted by Crippen LogP contribution is -2.12. The van der Waals surface area contributed by atoms with Crippen molar-refractivity contribution < 1.29 is 0 Å². The number of nitrogens with zero attached hydrogens (tertiary/aromatic N) is 3. The minimum Gasteiger partial charge on any atom is -0.348 e. The summed E-state index contributed by atoms with van der Waals surface area (Å²) in [6.07, 6.45) is 7.75. The molecular weight excluding hydrogens is 308 g/mol.